The fraction of sp³-hybridized carbons (Fsp3) is 0.581. The van der Waals surface area contributed by atoms with Gasteiger partial charge in [0.05, 0.1) is 13.7 Å². The molecule has 0 saturated carbocycles. The van der Waals surface area contributed by atoms with Crippen molar-refractivity contribution in [2.24, 2.45) is 0 Å². The fourth-order valence-electron chi connectivity index (χ4n) is 5.19. The molecule has 0 unspecified atom stereocenters. The first-order chi connectivity index (χ1) is 18.6. The Kier molecular flexibility index (Phi) is 11.2. The minimum Gasteiger partial charge on any atom is -0.494 e. The third-order valence-corrected chi connectivity index (χ3v) is 9.05. The molecular formula is C31H44N2O4S. The van der Waals surface area contributed by atoms with Gasteiger partial charge in [0.15, 0.2) is 0 Å². The largest absolute Gasteiger partial charge is 0.494 e. The Morgan fingerprint density at radius 1 is 0.842 bits per heavy atom. The van der Waals surface area contributed by atoms with Crippen molar-refractivity contribution in [3.63, 3.8) is 0 Å². The van der Waals surface area contributed by atoms with E-state index in [1.165, 1.54) is 45.0 Å². The highest BCUT2D eigenvalue weighted by Crippen LogP contribution is 2.42. The predicted octanol–water partition coefficient (Wildman–Crippen LogP) is 6.03. The van der Waals surface area contributed by atoms with Gasteiger partial charge in [-0.3, -0.25) is 14.6 Å². The van der Waals surface area contributed by atoms with E-state index < -0.39 is 4.75 Å². The molecule has 0 bridgehead atoms. The van der Waals surface area contributed by atoms with Crippen molar-refractivity contribution in [1.82, 2.24) is 9.80 Å². The molecule has 2 aromatic rings. The molecular weight excluding hydrogens is 496 g/mol. The van der Waals surface area contributed by atoms with Crippen molar-refractivity contribution in [3.05, 3.63) is 54.1 Å². The molecule has 0 amide bonds. The molecule has 2 heterocycles. The summed E-state index contributed by atoms with van der Waals surface area (Å²) in [6.07, 6.45) is 7.67. The van der Waals surface area contributed by atoms with Crippen molar-refractivity contribution in [2.75, 3.05) is 53.0 Å². The number of rotatable bonds is 13. The Hall–Kier alpha value is -2.22. The number of ether oxygens (including phenoxy) is 3. The van der Waals surface area contributed by atoms with Gasteiger partial charge in [0.25, 0.3) is 0 Å². The lowest BCUT2D eigenvalue weighted by Gasteiger charge is -2.39. The number of likely N-dealkylation sites (tertiary alicyclic amines) is 2. The summed E-state index contributed by atoms with van der Waals surface area (Å²) in [5, 5.41) is 0. The van der Waals surface area contributed by atoms with Crippen LogP contribution in [0.25, 0.3) is 0 Å². The van der Waals surface area contributed by atoms with E-state index in [0.717, 1.165) is 81.5 Å². The summed E-state index contributed by atoms with van der Waals surface area (Å²) in [6, 6.07) is 16.6. The van der Waals surface area contributed by atoms with Gasteiger partial charge in [-0.05, 0) is 87.2 Å². The molecule has 2 aliphatic rings. The number of esters is 1. The predicted molar refractivity (Wildman–Crippen MR) is 154 cm³/mol. The zero-order chi connectivity index (χ0) is 26.6. The van der Waals surface area contributed by atoms with Crippen LogP contribution in [0.1, 0.15) is 57.4 Å². The van der Waals surface area contributed by atoms with Crippen LogP contribution in [0, 0.1) is 0 Å². The van der Waals surface area contributed by atoms with Crippen LogP contribution in [-0.4, -0.2) is 73.6 Å². The summed E-state index contributed by atoms with van der Waals surface area (Å²) in [6.45, 7) is 9.63. The summed E-state index contributed by atoms with van der Waals surface area (Å²) in [7, 11) is 1.50. The average Bonchev–Trinajstić information content (AvgIpc) is 2.96. The number of nitrogens with zero attached hydrogens (tertiary/aromatic N) is 2. The molecule has 2 aromatic carbocycles. The van der Waals surface area contributed by atoms with E-state index in [9.17, 15) is 4.79 Å². The van der Waals surface area contributed by atoms with Crippen LogP contribution in [-0.2, 0) is 16.1 Å². The second-order valence-electron chi connectivity index (χ2n) is 10.4. The molecule has 0 radical (unpaired) electrons. The van der Waals surface area contributed by atoms with Gasteiger partial charge in [0.1, 0.15) is 22.9 Å². The normalized spacial score (nSPS) is 18.2. The van der Waals surface area contributed by atoms with E-state index >= 15 is 0 Å². The van der Waals surface area contributed by atoms with E-state index in [1.54, 1.807) is 11.8 Å². The maximum absolute atomic E-state index is 12.9. The summed E-state index contributed by atoms with van der Waals surface area (Å²) in [5.74, 6) is 1.69. The molecule has 208 valence electrons. The van der Waals surface area contributed by atoms with Crippen molar-refractivity contribution >= 4 is 17.7 Å². The minimum absolute atomic E-state index is 0.128. The standard InChI is InChI=1S/C31H44N2O4S/c1-3-4-23-36-28-12-14-29(15-13-28)38-31(30(34)35-2)16-20-33(21-17-31)25-26-8-10-27(11-9-26)37-24-22-32-18-6-5-7-19-32/h8-15H,3-7,16-25H2,1-2H3. The van der Waals surface area contributed by atoms with Crippen LogP contribution in [0.4, 0.5) is 0 Å². The van der Waals surface area contributed by atoms with Gasteiger partial charge in [-0.25, -0.2) is 0 Å². The van der Waals surface area contributed by atoms with Crippen LogP contribution in [0.5, 0.6) is 11.5 Å². The number of thioether (sulfide) groups is 1. The Balaban J connectivity index is 1.25. The van der Waals surface area contributed by atoms with Gasteiger partial charge in [0, 0.05) is 31.1 Å². The molecule has 38 heavy (non-hydrogen) atoms. The third-order valence-electron chi connectivity index (χ3n) is 7.58. The van der Waals surface area contributed by atoms with Crippen LogP contribution < -0.4 is 9.47 Å². The molecule has 2 saturated heterocycles. The van der Waals surface area contributed by atoms with Crippen LogP contribution >= 0.6 is 11.8 Å². The first kappa shape index (κ1) is 28.8. The second kappa shape index (κ2) is 14.8. The lowest BCUT2D eigenvalue weighted by molar-refractivity contribution is -0.144. The third kappa shape index (κ3) is 8.39. The molecule has 7 heteroatoms. The first-order valence-corrected chi connectivity index (χ1v) is 15.1. The number of benzene rings is 2. The second-order valence-corrected chi connectivity index (χ2v) is 11.9. The highest BCUT2D eigenvalue weighted by Gasteiger charge is 2.43. The maximum atomic E-state index is 12.9. The first-order valence-electron chi connectivity index (χ1n) is 14.3. The highest BCUT2D eigenvalue weighted by atomic mass is 32.2. The number of carbonyl (C=O) groups is 1. The van der Waals surface area contributed by atoms with Gasteiger partial charge in [-0.15, -0.1) is 11.8 Å². The maximum Gasteiger partial charge on any atom is 0.322 e. The summed E-state index contributed by atoms with van der Waals surface area (Å²) >= 11 is 1.63. The van der Waals surface area contributed by atoms with E-state index in [-0.39, 0.29) is 5.97 Å². The fourth-order valence-corrected chi connectivity index (χ4v) is 6.47. The van der Waals surface area contributed by atoms with E-state index in [1.807, 2.05) is 12.1 Å². The number of hydrogen-bond donors (Lipinski definition) is 0. The van der Waals surface area contributed by atoms with E-state index in [2.05, 4.69) is 53.1 Å². The molecule has 0 aromatic heterocycles. The van der Waals surface area contributed by atoms with Gasteiger partial charge >= 0.3 is 5.97 Å². The van der Waals surface area contributed by atoms with Crippen LogP contribution in [0.3, 0.4) is 0 Å². The summed E-state index contributed by atoms with van der Waals surface area (Å²) in [5.41, 5.74) is 1.27. The summed E-state index contributed by atoms with van der Waals surface area (Å²) in [4.78, 5) is 18.9. The van der Waals surface area contributed by atoms with Crippen LogP contribution in [0.2, 0.25) is 0 Å². The van der Waals surface area contributed by atoms with Gasteiger partial charge in [-0.1, -0.05) is 31.9 Å². The Bertz CT molecular complexity index is 968. The van der Waals surface area contributed by atoms with Crippen molar-refractivity contribution < 1.29 is 19.0 Å². The van der Waals surface area contributed by atoms with Crippen molar-refractivity contribution in [3.8, 4) is 11.5 Å². The zero-order valence-electron chi connectivity index (χ0n) is 23.2. The monoisotopic (exact) mass is 540 g/mol. The van der Waals surface area contributed by atoms with Crippen LogP contribution in [0.15, 0.2) is 53.4 Å². The number of hydrogen-bond acceptors (Lipinski definition) is 7. The SMILES string of the molecule is CCCCOc1ccc(SC2(C(=O)OC)CCN(Cc3ccc(OCCN4CCCCC4)cc3)CC2)cc1. The Morgan fingerprint density at radius 3 is 2.11 bits per heavy atom. The van der Waals surface area contributed by atoms with E-state index in [4.69, 9.17) is 14.2 Å². The lowest BCUT2D eigenvalue weighted by atomic mass is 9.95. The van der Waals surface area contributed by atoms with Crippen molar-refractivity contribution in [2.45, 2.75) is 68.1 Å². The lowest BCUT2D eigenvalue weighted by Crippen LogP contribution is -2.47. The highest BCUT2D eigenvalue weighted by molar-refractivity contribution is 8.01. The molecule has 6 nitrogen and oxygen atoms in total. The smallest absolute Gasteiger partial charge is 0.322 e. The summed E-state index contributed by atoms with van der Waals surface area (Å²) < 4.78 is 16.5. The quantitative estimate of drug-likeness (QED) is 0.227. The molecule has 2 aliphatic heterocycles. The topological polar surface area (TPSA) is 51.2 Å². The molecule has 0 spiro atoms. The average molecular weight is 541 g/mol. The van der Waals surface area contributed by atoms with Gasteiger partial charge < -0.3 is 14.2 Å². The Labute approximate surface area is 233 Å². The number of unbranched alkanes of at least 4 members (excludes halogenated alkanes) is 1. The zero-order valence-corrected chi connectivity index (χ0v) is 24.0. The molecule has 2 fully saturated rings. The minimum atomic E-state index is -0.554. The molecule has 4 rings (SSSR count). The number of carbonyl (C=O) groups excluding carboxylic acids is 1. The van der Waals surface area contributed by atoms with Gasteiger partial charge in [-0.2, -0.15) is 0 Å². The van der Waals surface area contributed by atoms with Gasteiger partial charge in [0.2, 0.25) is 0 Å². The molecule has 0 atom stereocenters. The molecule has 0 aliphatic carbocycles. The van der Waals surface area contributed by atoms with Crippen molar-refractivity contribution in [1.29, 1.82) is 0 Å². The molecule has 0 N–H and O–H groups in total. The number of methoxy groups -OCH3 is 1. The van der Waals surface area contributed by atoms with E-state index in [0.29, 0.717) is 0 Å². The Morgan fingerprint density at radius 2 is 1.47 bits per heavy atom. The number of piperidine rings is 2.